The first-order chi connectivity index (χ1) is 17.1. The molecule has 4 rings (SSSR count). The van der Waals surface area contributed by atoms with Gasteiger partial charge < -0.3 is 24.2 Å². The van der Waals surface area contributed by atoms with E-state index in [9.17, 15) is 14.4 Å². The third kappa shape index (κ3) is 5.92. The van der Waals surface area contributed by atoms with E-state index >= 15 is 0 Å². The molecular weight excluding hydrogens is 450 g/mol. The van der Waals surface area contributed by atoms with Crippen LogP contribution < -0.4 is 20.3 Å². The summed E-state index contributed by atoms with van der Waals surface area (Å²) < 4.78 is 15.9. The van der Waals surface area contributed by atoms with Crippen molar-refractivity contribution in [1.82, 2.24) is 10.6 Å². The normalized spacial score (nSPS) is 14.7. The van der Waals surface area contributed by atoms with Gasteiger partial charge in [0.1, 0.15) is 11.5 Å². The molecule has 1 aromatic carbocycles. The average Bonchev–Trinajstić information content (AvgIpc) is 3.61. The standard InChI is InChI=1S/C26H29N3O6/c1-33-20-13-11-19(12-14-20)29(23(30)17-27-25(31)22-10-6-16-35-22)24(21-9-5-15-34-21)26(32)28-18-7-3-2-4-8-18/h5-6,9-16,18,24H,2-4,7-8,17H2,1H3,(H,27,31)(H,28,32)/t24-/m0/s1. The van der Waals surface area contributed by atoms with Crippen molar-refractivity contribution >= 4 is 23.4 Å². The van der Waals surface area contributed by atoms with Crippen molar-refractivity contribution in [3.8, 4) is 5.75 Å². The van der Waals surface area contributed by atoms with Gasteiger partial charge in [0.15, 0.2) is 11.8 Å². The number of nitrogens with one attached hydrogen (secondary N) is 2. The van der Waals surface area contributed by atoms with Crippen LogP contribution in [-0.2, 0) is 9.59 Å². The first-order valence-corrected chi connectivity index (χ1v) is 11.7. The third-order valence-corrected chi connectivity index (χ3v) is 6.04. The van der Waals surface area contributed by atoms with Crippen molar-refractivity contribution in [3.05, 3.63) is 72.6 Å². The number of benzene rings is 1. The van der Waals surface area contributed by atoms with Crippen LogP contribution in [0.3, 0.4) is 0 Å². The second kappa shape index (κ2) is 11.4. The topological polar surface area (TPSA) is 114 Å². The highest BCUT2D eigenvalue weighted by Gasteiger charge is 2.36. The highest BCUT2D eigenvalue weighted by atomic mass is 16.5. The van der Waals surface area contributed by atoms with E-state index < -0.39 is 17.9 Å². The van der Waals surface area contributed by atoms with Gasteiger partial charge in [-0.15, -0.1) is 0 Å². The Balaban J connectivity index is 1.63. The number of methoxy groups -OCH3 is 1. The van der Waals surface area contributed by atoms with E-state index in [1.165, 1.54) is 23.5 Å². The minimum Gasteiger partial charge on any atom is -0.497 e. The number of rotatable bonds is 9. The van der Waals surface area contributed by atoms with Crippen LogP contribution >= 0.6 is 0 Å². The van der Waals surface area contributed by atoms with Gasteiger partial charge in [0, 0.05) is 11.7 Å². The van der Waals surface area contributed by atoms with Crippen molar-refractivity contribution in [3.63, 3.8) is 0 Å². The number of hydrogen-bond acceptors (Lipinski definition) is 6. The van der Waals surface area contributed by atoms with E-state index in [1.54, 1.807) is 49.6 Å². The first kappa shape index (κ1) is 24.1. The van der Waals surface area contributed by atoms with Gasteiger partial charge in [-0.05, 0) is 61.4 Å². The number of hydrogen-bond donors (Lipinski definition) is 2. The maximum absolute atomic E-state index is 13.6. The van der Waals surface area contributed by atoms with Crippen LogP contribution in [-0.4, -0.2) is 37.4 Å². The van der Waals surface area contributed by atoms with Crippen molar-refractivity contribution in [1.29, 1.82) is 0 Å². The summed E-state index contributed by atoms with van der Waals surface area (Å²) in [7, 11) is 1.55. The third-order valence-electron chi connectivity index (χ3n) is 6.04. The van der Waals surface area contributed by atoms with E-state index in [4.69, 9.17) is 13.6 Å². The van der Waals surface area contributed by atoms with E-state index in [0.29, 0.717) is 17.2 Å². The molecule has 2 N–H and O–H groups in total. The fraction of sp³-hybridized carbons (Fsp3) is 0.346. The fourth-order valence-corrected chi connectivity index (χ4v) is 4.26. The largest absolute Gasteiger partial charge is 0.497 e. The molecule has 1 atom stereocenters. The van der Waals surface area contributed by atoms with Gasteiger partial charge in [-0.2, -0.15) is 0 Å². The van der Waals surface area contributed by atoms with E-state index in [0.717, 1.165) is 32.1 Å². The molecule has 0 aliphatic heterocycles. The maximum atomic E-state index is 13.6. The molecule has 9 nitrogen and oxygen atoms in total. The molecule has 0 saturated heterocycles. The van der Waals surface area contributed by atoms with Crippen LogP contribution in [0.4, 0.5) is 5.69 Å². The molecule has 3 amide bonds. The van der Waals surface area contributed by atoms with Crippen molar-refractivity contribution < 1.29 is 28.0 Å². The van der Waals surface area contributed by atoms with Crippen molar-refractivity contribution in [2.45, 2.75) is 44.2 Å². The monoisotopic (exact) mass is 479 g/mol. The Morgan fingerprint density at radius 1 is 1.00 bits per heavy atom. The van der Waals surface area contributed by atoms with Crippen LogP contribution in [0.1, 0.15) is 54.5 Å². The molecule has 0 radical (unpaired) electrons. The summed E-state index contributed by atoms with van der Waals surface area (Å²) in [6, 6.07) is 12.2. The molecule has 1 aliphatic carbocycles. The molecule has 9 heteroatoms. The predicted molar refractivity (Wildman–Crippen MR) is 128 cm³/mol. The Kier molecular flexibility index (Phi) is 7.87. The second-order valence-corrected chi connectivity index (χ2v) is 8.38. The molecule has 2 aromatic heterocycles. The summed E-state index contributed by atoms with van der Waals surface area (Å²) in [5.74, 6) is -0.345. The number of carbonyl (C=O) groups excluding carboxylic acids is 3. The summed E-state index contributed by atoms with van der Waals surface area (Å²) in [5, 5.41) is 5.67. The highest BCUT2D eigenvalue weighted by molar-refractivity contribution is 6.04. The van der Waals surface area contributed by atoms with Crippen LogP contribution in [0.2, 0.25) is 0 Å². The average molecular weight is 480 g/mol. The zero-order valence-corrected chi connectivity index (χ0v) is 19.6. The van der Waals surface area contributed by atoms with E-state index in [1.807, 2.05) is 0 Å². The number of amides is 3. The number of nitrogens with zero attached hydrogens (tertiary/aromatic N) is 1. The summed E-state index contributed by atoms with van der Waals surface area (Å²) in [5.41, 5.74) is 0.461. The Morgan fingerprint density at radius 2 is 1.71 bits per heavy atom. The summed E-state index contributed by atoms with van der Waals surface area (Å²) >= 11 is 0. The number of ether oxygens (including phenoxy) is 1. The Labute approximate surface area is 203 Å². The van der Waals surface area contributed by atoms with Crippen molar-refractivity contribution in [2.24, 2.45) is 0 Å². The zero-order chi connectivity index (χ0) is 24.6. The maximum Gasteiger partial charge on any atom is 0.287 e. The summed E-state index contributed by atoms with van der Waals surface area (Å²) in [4.78, 5) is 40.8. The van der Waals surface area contributed by atoms with Crippen LogP contribution in [0, 0.1) is 0 Å². The Bertz CT molecular complexity index is 1100. The summed E-state index contributed by atoms with van der Waals surface area (Å²) in [6.45, 7) is -0.348. The van der Waals surface area contributed by atoms with Crippen molar-refractivity contribution in [2.75, 3.05) is 18.6 Å². The fourth-order valence-electron chi connectivity index (χ4n) is 4.26. The number of carbonyl (C=O) groups is 3. The van der Waals surface area contributed by atoms with Gasteiger partial charge in [0.25, 0.3) is 11.8 Å². The van der Waals surface area contributed by atoms with Crippen LogP contribution in [0.25, 0.3) is 0 Å². The van der Waals surface area contributed by atoms with Gasteiger partial charge in [-0.3, -0.25) is 19.3 Å². The molecule has 0 bridgehead atoms. The van der Waals surface area contributed by atoms with Gasteiger partial charge in [-0.25, -0.2) is 0 Å². The van der Waals surface area contributed by atoms with Crippen LogP contribution in [0.5, 0.6) is 5.75 Å². The molecule has 1 fully saturated rings. The lowest BCUT2D eigenvalue weighted by atomic mass is 9.95. The lowest BCUT2D eigenvalue weighted by Gasteiger charge is -2.32. The molecule has 184 valence electrons. The molecule has 1 saturated carbocycles. The zero-order valence-electron chi connectivity index (χ0n) is 19.6. The quantitative estimate of drug-likeness (QED) is 0.482. The molecule has 35 heavy (non-hydrogen) atoms. The molecular formula is C26H29N3O6. The Morgan fingerprint density at radius 3 is 2.34 bits per heavy atom. The first-order valence-electron chi connectivity index (χ1n) is 11.7. The number of furan rings is 2. The lowest BCUT2D eigenvalue weighted by molar-refractivity contribution is -0.127. The molecule has 1 aliphatic rings. The van der Waals surface area contributed by atoms with Gasteiger partial charge in [-0.1, -0.05) is 19.3 Å². The van der Waals surface area contributed by atoms with E-state index in [-0.39, 0.29) is 24.3 Å². The van der Waals surface area contributed by atoms with Crippen LogP contribution in [0.15, 0.2) is 69.9 Å². The second-order valence-electron chi connectivity index (χ2n) is 8.38. The van der Waals surface area contributed by atoms with E-state index in [2.05, 4.69) is 10.6 Å². The lowest BCUT2D eigenvalue weighted by Crippen LogP contribution is -2.49. The number of anilines is 1. The molecule has 0 unspecified atom stereocenters. The summed E-state index contributed by atoms with van der Waals surface area (Å²) in [6.07, 6.45) is 7.89. The predicted octanol–water partition coefficient (Wildman–Crippen LogP) is 3.83. The van der Waals surface area contributed by atoms with Gasteiger partial charge in [0.2, 0.25) is 5.91 Å². The van der Waals surface area contributed by atoms with Gasteiger partial charge >= 0.3 is 0 Å². The smallest absolute Gasteiger partial charge is 0.287 e. The SMILES string of the molecule is COc1ccc(N(C(=O)CNC(=O)c2ccco2)[C@H](C(=O)NC2CCCCC2)c2ccco2)cc1. The highest BCUT2D eigenvalue weighted by Crippen LogP contribution is 2.30. The minimum absolute atomic E-state index is 0.0418. The molecule has 0 spiro atoms. The minimum atomic E-state index is -1.06. The Hall–Kier alpha value is -4.01. The van der Waals surface area contributed by atoms with Gasteiger partial charge in [0.05, 0.1) is 26.2 Å². The molecule has 3 aromatic rings. The molecule has 2 heterocycles.